The molecular weight excluding hydrogens is 394 g/mol. The molecule has 1 N–H and O–H groups in total. The number of nitrogens with one attached hydrogen (secondary N) is 1. The second-order valence-corrected chi connectivity index (χ2v) is 9.61. The van der Waals surface area contributed by atoms with Crippen LogP contribution in [0.4, 0.5) is 5.69 Å². The van der Waals surface area contributed by atoms with E-state index in [9.17, 15) is 4.79 Å². The molecule has 2 aromatic carbocycles. The lowest BCUT2D eigenvalue weighted by Gasteiger charge is -2.13. The molecule has 0 fully saturated rings. The zero-order valence-electron chi connectivity index (χ0n) is 15.6. The van der Waals surface area contributed by atoms with Gasteiger partial charge in [0, 0.05) is 5.69 Å². The van der Waals surface area contributed by atoms with Gasteiger partial charge in [-0.15, -0.1) is 5.10 Å². The number of benzene rings is 2. The fraction of sp³-hybridized carbons (Fsp3) is 0.250. The molecule has 0 spiro atoms. The monoisotopic (exact) mass is 415 g/mol. The van der Waals surface area contributed by atoms with Gasteiger partial charge in [-0.1, -0.05) is 53.4 Å². The van der Waals surface area contributed by atoms with Crippen molar-refractivity contribution in [3.63, 3.8) is 0 Å². The van der Waals surface area contributed by atoms with E-state index in [1.54, 1.807) is 4.68 Å². The molecule has 140 valence electrons. The van der Waals surface area contributed by atoms with Crippen LogP contribution < -0.4 is 5.32 Å². The predicted octanol–water partition coefficient (Wildman–Crippen LogP) is 5.71. The van der Waals surface area contributed by atoms with Crippen LogP contribution >= 0.6 is 35.3 Å². The highest BCUT2D eigenvalue weighted by Crippen LogP contribution is 2.29. The number of thioether (sulfide) groups is 1. The number of aromatic nitrogens is 2. The van der Waals surface area contributed by atoms with Gasteiger partial charge in [-0.05, 0) is 68.7 Å². The number of rotatable bonds is 5. The molecule has 1 aromatic heterocycles. The van der Waals surface area contributed by atoms with Crippen LogP contribution in [0.5, 0.6) is 0 Å². The molecule has 0 saturated heterocycles. The Balaban J connectivity index is 1.75. The average molecular weight is 416 g/mol. The number of para-hydroxylation sites is 1. The van der Waals surface area contributed by atoms with Crippen LogP contribution in [0.25, 0.3) is 5.69 Å². The standard InChI is InChI=1S/C20H21N3OS3/c1-12-9-10-13(2)16(11-12)21-18(24)15(4)26-19-22-23(20(25)27-19)17-8-6-5-7-14(17)3/h5-11,15H,1-4H3,(H,21,24)/t15-/m0/s1. The molecule has 7 heteroatoms. The van der Waals surface area contributed by atoms with Gasteiger partial charge >= 0.3 is 0 Å². The second-order valence-electron chi connectivity index (χ2n) is 6.40. The fourth-order valence-corrected chi connectivity index (χ4v) is 5.06. The Labute approximate surface area is 172 Å². The summed E-state index contributed by atoms with van der Waals surface area (Å²) in [5.74, 6) is -0.0442. The molecule has 0 saturated carbocycles. The van der Waals surface area contributed by atoms with Gasteiger partial charge < -0.3 is 5.32 Å². The van der Waals surface area contributed by atoms with Crippen LogP contribution in [0, 0.1) is 24.7 Å². The molecule has 0 unspecified atom stereocenters. The minimum Gasteiger partial charge on any atom is -0.325 e. The molecule has 1 heterocycles. The molecule has 4 nitrogen and oxygen atoms in total. The Bertz CT molecular complexity index is 1040. The van der Waals surface area contributed by atoms with Crippen molar-refractivity contribution >= 4 is 46.9 Å². The van der Waals surface area contributed by atoms with Crippen molar-refractivity contribution in [2.24, 2.45) is 0 Å². The van der Waals surface area contributed by atoms with Crippen molar-refractivity contribution in [3.05, 3.63) is 63.1 Å². The summed E-state index contributed by atoms with van der Waals surface area (Å²) in [6, 6.07) is 14.0. The lowest BCUT2D eigenvalue weighted by molar-refractivity contribution is -0.115. The van der Waals surface area contributed by atoms with Crippen molar-refractivity contribution in [2.75, 3.05) is 5.32 Å². The molecule has 1 amide bonds. The summed E-state index contributed by atoms with van der Waals surface area (Å²) in [7, 11) is 0. The summed E-state index contributed by atoms with van der Waals surface area (Å²) in [6.07, 6.45) is 0. The van der Waals surface area contributed by atoms with E-state index in [1.165, 1.54) is 23.1 Å². The Kier molecular flexibility index (Phi) is 6.14. The van der Waals surface area contributed by atoms with Gasteiger partial charge in [0.1, 0.15) is 0 Å². The van der Waals surface area contributed by atoms with E-state index < -0.39 is 0 Å². The van der Waals surface area contributed by atoms with E-state index >= 15 is 0 Å². The Hall–Kier alpha value is -1.96. The van der Waals surface area contributed by atoms with E-state index in [1.807, 2.05) is 70.2 Å². The maximum atomic E-state index is 12.6. The first-order chi connectivity index (χ1) is 12.8. The summed E-state index contributed by atoms with van der Waals surface area (Å²) in [6.45, 7) is 7.91. The third-order valence-electron chi connectivity index (χ3n) is 4.17. The number of amides is 1. The maximum absolute atomic E-state index is 12.6. The number of carbonyl (C=O) groups excluding carboxylic acids is 1. The van der Waals surface area contributed by atoms with Crippen LogP contribution in [0.1, 0.15) is 23.6 Å². The quantitative estimate of drug-likeness (QED) is 0.428. The molecular formula is C20H21N3OS3. The second kappa shape index (κ2) is 8.37. The summed E-state index contributed by atoms with van der Waals surface area (Å²) >= 11 is 8.32. The third-order valence-corrected chi connectivity index (χ3v) is 6.59. The normalized spacial score (nSPS) is 12.0. The first-order valence-corrected chi connectivity index (χ1v) is 10.7. The van der Waals surface area contributed by atoms with Crippen LogP contribution in [-0.4, -0.2) is 20.9 Å². The number of hydrogen-bond acceptors (Lipinski definition) is 5. The van der Waals surface area contributed by atoms with Crippen LogP contribution in [-0.2, 0) is 4.79 Å². The van der Waals surface area contributed by atoms with E-state index in [2.05, 4.69) is 10.4 Å². The molecule has 0 radical (unpaired) electrons. The molecule has 0 bridgehead atoms. The van der Waals surface area contributed by atoms with E-state index in [4.69, 9.17) is 12.2 Å². The number of nitrogens with zero attached hydrogens (tertiary/aromatic N) is 2. The van der Waals surface area contributed by atoms with Gasteiger partial charge in [0.2, 0.25) is 5.91 Å². The van der Waals surface area contributed by atoms with Crippen molar-refractivity contribution in [2.45, 2.75) is 37.3 Å². The van der Waals surface area contributed by atoms with Crippen molar-refractivity contribution in [1.29, 1.82) is 0 Å². The highest BCUT2D eigenvalue weighted by molar-refractivity contribution is 8.02. The van der Waals surface area contributed by atoms with Crippen LogP contribution in [0.15, 0.2) is 46.8 Å². The Morgan fingerprint density at radius 1 is 1.19 bits per heavy atom. The number of hydrogen-bond donors (Lipinski definition) is 1. The van der Waals surface area contributed by atoms with Crippen LogP contribution in [0.3, 0.4) is 0 Å². The topological polar surface area (TPSA) is 46.9 Å². The first kappa shape index (κ1) is 19.8. The Morgan fingerprint density at radius 2 is 1.93 bits per heavy atom. The minimum absolute atomic E-state index is 0.0442. The van der Waals surface area contributed by atoms with Gasteiger partial charge in [0.15, 0.2) is 8.29 Å². The van der Waals surface area contributed by atoms with Gasteiger partial charge in [0.25, 0.3) is 0 Å². The first-order valence-electron chi connectivity index (χ1n) is 8.56. The molecule has 1 atom stereocenters. The molecule has 0 aliphatic heterocycles. The maximum Gasteiger partial charge on any atom is 0.237 e. The molecule has 27 heavy (non-hydrogen) atoms. The van der Waals surface area contributed by atoms with Gasteiger partial charge in [-0.2, -0.15) is 0 Å². The predicted molar refractivity (Wildman–Crippen MR) is 117 cm³/mol. The number of anilines is 1. The smallest absolute Gasteiger partial charge is 0.237 e. The summed E-state index contributed by atoms with van der Waals surface area (Å²) in [5.41, 5.74) is 5.09. The summed E-state index contributed by atoms with van der Waals surface area (Å²) in [4.78, 5) is 12.6. The van der Waals surface area contributed by atoms with Gasteiger partial charge in [-0.25, -0.2) is 4.68 Å². The highest BCUT2D eigenvalue weighted by Gasteiger charge is 2.18. The lowest BCUT2D eigenvalue weighted by atomic mass is 10.1. The molecule has 0 aliphatic carbocycles. The lowest BCUT2D eigenvalue weighted by Crippen LogP contribution is -2.22. The number of aryl methyl sites for hydroxylation is 3. The largest absolute Gasteiger partial charge is 0.325 e. The van der Waals surface area contributed by atoms with Crippen molar-refractivity contribution < 1.29 is 4.79 Å². The SMILES string of the molecule is Cc1ccc(C)c(NC(=O)[C@H](C)Sc2nn(-c3ccccc3C)c(=S)s2)c1. The number of carbonyl (C=O) groups is 1. The third kappa shape index (κ3) is 4.66. The van der Waals surface area contributed by atoms with Gasteiger partial charge in [0.05, 0.1) is 10.9 Å². The molecule has 0 aliphatic rings. The van der Waals surface area contributed by atoms with E-state index in [-0.39, 0.29) is 11.2 Å². The minimum atomic E-state index is -0.282. The van der Waals surface area contributed by atoms with E-state index in [0.29, 0.717) is 3.95 Å². The van der Waals surface area contributed by atoms with Crippen molar-refractivity contribution in [3.8, 4) is 5.69 Å². The molecule has 3 aromatic rings. The summed E-state index contributed by atoms with van der Waals surface area (Å²) < 4.78 is 3.23. The Morgan fingerprint density at radius 3 is 2.67 bits per heavy atom. The van der Waals surface area contributed by atoms with E-state index in [0.717, 1.165) is 32.4 Å². The zero-order valence-corrected chi connectivity index (χ0v) is 18.1. The zero-order chi connectivity index (χ0) is 19.6. The fourth-order valence-electron chi connectivity index (χ4n) is 2.57. The van der Waals surface area contributed by atoms with Crippen molar-refractivity contribution in [1.82, 2.24) is 9.78 Å². The van der Waals surface area contributed by atoms with Crippen LogP contribution in [0.2, 0.25) is 0 Å². The summed E-state index contributed by atoms with van der Waals surface area (Å²) in [5, 5.41) is 7.35. The average Bonchev–Trinajstić information content (AvgIpc) is 2.98. The highest BCUT2D eigenvalue weighted by atomic mass is 32.2. The van der Waals surface area contributed by atoms with Gasteiger partial charge in [-0.3, -0.25) is 4.79 Å². The molecule has 3 rings (SSSR count).